The van der Waals surface area contributed by atoms with Gasteiger partial charge in [-0.1, -0.05) is 43.6 Å². The molecule has 0 heterocycles. The maximum atomic E-state index is 11.8. The van der Waals surface area contributed by atoms with Gasteiger partial charge >= 0.3 is 0 Å². The van der Waals surface area contributed by atoms with Crippen LogP contribution in [0.5, 0.6) is 0 Å². The van der Waals surface area contributed by atoms with Gasteiger partial charge in [0.05, 0.1) is 0 Å². The first-order valence-electron chi connectivity index (χ1n) is 7.65. The highest BCUT2D eigenvalue weighted by atomic mass is 35.5. The molecule has 0 radical (unpaired) electrons. The third-order valence-corrected chi connectivity index (χ3v) is 3.79. The van der Waals surface area contributed by atoms with Crippen molar-refractivity contribution in [3.63, 3.8) is 0 Å². The zero-order valence-electron chi connectivity index (χ0n) is 13.6. The van der Waals surface area contributed by atoms with E-state index in [0.29, 0.717) is 37.0 Å². The number of benzene rings is 1. The van der Waals surface area contributed by atoms with E-state index in [1.165, 1.54) is 6.92 Å². The summed E-state index contributed by atoms with van der Waals surface area (Å²) in [6, 6.07) is 7.43. The number of carbonyl (C=O) groups is 2. The fraction of sp³-hybridized carbons (Fsp3) is 0.529. The van der Waals surface area contributed by atoms with Gasteiger partial charge in [-0.15, -0.1) is 0 Å². The predicted octanol–water partition coefficient (Wildman–Crippen LogP) is 3.24. The van der Waals surface area contributed by atoms with E-state index in [0.717, 1.165) is 12.0 Å². The fourth-order valence-corrected chi connectivity index (χ4v) is 2.20. The van der Waals surface area contributed by atoms with E-state index in [2.05, 4.69) is 19.2 Å². The van der Waals surface area contributed by atoms with Crippen molar-refractivity contribution in [2.75, 3.05) is 13.1 Å². The third-order valence-electron chi connectivity index (χ3n) is 3.42. The summed E-state index contributed by atoms with van der Waals surface area (Å²) in [5, 5.41) is 3.51. The molecular formula is C17H25ClN2O2. The van der Waals surface area contributed by atoms with Crippen LogP contribution in [0.15, 0.2) is 24.3 Å². The van der Waals surface area contributed by atoms with E-state index in [9.17, 15) is 9.59 Å². The molecule has 22 heavy (non-hydrogen) atoms. The number of nitrogens with zero attached hydrogens (tertiary/aromatic N) is 1. The van der Waals surface area contributed by atoms with Crippen LogP contribution in [0.2, 0.25) is 5.02 Å². The first-order valence-corrected chi connectivity index (χ1v) is 8.03. The number of rotatable bonds is 8. The van der Waals surface area contributed by atoms with Crippen molar-refractivity contribution in [3.05, 3.63) is 34.9 Å². The van der Waals surface area contributed by atoms with Gasteiger partial charge in [0.2, 0.25) is 11.8 Å². The quantitative estimate of drug-likeness (QED) is 0.798. The molecule has 2 amide bonds. The molecule has 0 saturated carbocycles. The monoisotopic (exact) mass is 324 g/mol. The summed E-state index contributed by atoms with van der Waals surface area (Å²) in [4.78, 5) is 25.2. The molecule has 1 aromatic carbocycles. The number of halogens is 1. The molecule has 0 atom stereocenters. The van der Waals surface area contributed by atoms with Gasteiger partial charge in [-0.3, -0.25) is 9.59 Å². The lowest BCUT2D eigenvalue weighted by atomic mass is 10.1. The zero-order chi connectivity index (χ0) is 16.5. The minimum Gasteiger partial charge on any atom is -0.356 e. The molecule has 0 fully saturated rings. The van der Waals surface area contributed by atoms with Crippen LogP contribution in [0.25, 0.3) is 0 Å². The Bertz CT molecular complexity index is 503. The van der Waals surface area contributed by atoms with E-state index in [1.807, 2.05) is 18.2 Å². The van der Waals surface area contributed by atoms with Gasteiger partial charge in [0, 0.05) is 38.0 Å². The minimum atomic E-state index is -0.0603. The molecule has 5 heteroatoms. The van der Waals surface area contributed by atoms with Crippen LogP contribution in [-0.4, -0.2) is 29.8 Å². The SMILES string of the molecule is CC(=O)N(CCC(=O)NCCC(C)C)Cc1ccccc1Cl. The van der Waals surface area contributed by atoms with Crippen molar-refractivity contribution in [1.29, 1.82) is 0 Å². The summed E-state index contributed by atoms with van der Waals surface area (Å²) in [5.74, 6) is 0.482. The highest BCUT2D eigenvalue weighted by Gasteiger charge is 2.13. The molecule has 1 rings (SSSR count). The molecule has 0 aliphatic heterocycles. The molecule has 1 N–H and O–H groups in total. The second-order valence-electron chi connectivity index (χ2n) is 5.81. The summed E-state index contributed by atoms with van der Waals surface area (Å²) < 4.78 is 0. The van der Waals surface area contributed by atoms with Crippen molar-refractivity contribution in [1.82, 2.24) is 10.2 Å². The highest BCUT2D eigenvalue weighted by molar-refractivity contribution is 6.31. The van der Waals surface area contributed by atoms with Crippen molar-refractivity contribution in [2.24, 2.45) is 5.92 Å². The summed E-state index contributed by atoms with van der Waals surface area (Å²) >= 11 is 6.12. The van der Waals surface area contributed by atoms with Crippen LogP contribution < -0.4 is 5.32 Å². The summed E-state index contributed by atoms with van der Waals surface area (Å²) in [7, 11) is 0. The standard InChI is InChI=1S/C17H25ClN2O2/c1-13(2)8-10-19-17(22)9-11-20(14(3)21)12-15-6-4-5-7-16(15)18/h4-7,13H,8-12H2,1-3H3,(H,19,22). The third kappa shape index (κ3) is 6.94. The first-order chi connectivity index (χ1) is 10.4. The molecule has 0 bridgehead atoms. The van der Waals surface area contributed by atoms with Crippen LogP contribution >= 0.6 is 11.6 Å². The molecular weight excluding hydrogens is 300 g/mol. The first kappa shape index (κ1) is 18.5. The van der Waals surface area contributed by atoms with Crippen LogP contribution in [-0.2, 0) is 16.1 Å². The van der Waals surface area contributed by atoms with E-state index < -0.39 is 0 Å². The Kier molecular flexibility index (Phi) is 7.96. The van der Waals surface area contributed by atoms with Gasteiger partial charge in [0.1, 0.15) is 0 Å². The minimum absolute atomic E-state index is 0.0222. The van der Waals surface area contributed by atoms with Crippen LogP contribution in [0.4, 0.5) is 0 Å². The van der Waals surface area contributed by atoms with Crippen LogP contribution in [0.3, 0.4) is 0 Å². The van der Waals surface area contributed by atoms with Crippen molar-refractivity contribution in [3.8, 4) is 0 Å². The Morgan fingerprint density at radius 2 is 1.95 bits per heavy atom. The van der Waals surface area contributed by atoms with Gasteiger partial charge in [-0.05, 0) is 24.0 Å². The Labute approximate surface area is 137 Å². The molecule has 0 aromatic heterocycles. The average molecular weight is 325 g/mol. The van der Waals surface area contributed by atoms with E-state index in [1.54, 1.807) is 11.0 Å². The summed E-state index contributed by atoms with van der Waals surface area (Å²) in [5.41, 5.74) is 0.889. The number of amides is 2. The number of nitrogens with one attached hydrogen (secondary N) is 1. The van der Waals surface area contributed by atoms with Crippen molar-refractivity contribution in [2.45, 2.75) is 40.2 Å². The fourth-order valence-electron chi connectivity index (χ4n) is 2.01. The van der Waals surface area contributed by atoms with Gasteiger partial charge in [0.25, 0.3) is 0 Å². The molecule has 0 aliphatic rings. The molecule has 122 valence electrons. The molecule has 0 spiro atoms. The summed E-state index contributed by atoms with van der Waals surface area (Å²) in [6.07, 6.45) is 1.27. The van der Waals surface area contributed by atoms with Crippen molar-refractivity contribution >= 4 is 23.4 Å². The lowest BCUT2D eigenvalue weighted by Crippen LogP contribution is -2.34. The molecule has 1 aromatic rings. The van der Waals surface area contributed by atoms with Gasteiger partial charge in [-0.25, -0.2) is 0 Å². The molecule has 4 nitrogen and oxygen atoms in total. The maximum Gasteiger partial charge on any atom is 0.221 e. The number of hydrogen-bond acceptors (Lipinski definition) is 2. The number of carbonyl (C=O) groups excluding carboxylic acids is 2. The predicted molar refractivity (Wildman–Crippen MR) is 89.6 cm³/mol. The Hall–Kier alpha value is -1.55. The van der Waals surface area contributed by atoms with Crippen LogP contribution in [0.1, 0.15) is 39.2 Å². The highest BCUT2D eigenvalue weighted by Crippen LogP contribution is 2.17. The summed E-state index contributed by atoms with van der Waals surface area (Å²) in [6.45, 7) is 7.25. The topological polar surface area (TPSA) is 49.4 Å². The Balaban J connectivity index is 2.46. The van der Waals surface area contributed by atoms with E-state index in [-0.39, 0.29) is 11.8 Å². The van der Waals surface area contributed by atoms with Gasteiger partial charge < -0.3 is 10.2 Å². The maximum absolute atomic E-state index is 11.8. The normalized spacial score (nSPS) is 10.6. The molecule has 0 saturated heterocycles. The Morgan fingerprint density at radius 3 is 2.55 bits per heavy atom. The van der Waals surface area contributed by atoms with Gasteiger partial charge in [-0.2, -0.15) is 0 Å². The smallest absolute Gasteiger partial charge is 0.221 e. The number of hydrogen-bond donors (Lipinski definition) is 1. The second kappa shape index (κ2) is 9.46. The lowest BCUT2D eigenvalue weighted by Gasteiger charge is -2.21. The van der Waals surface area contributed by atoms with E-state index in [4.69, 9.17) is 11.6 Å². The average Bonchev–Trinajstić information content (AvgIpc) is 2.44. The molecule has 0 unspecified atom stereocenters. The van der Waals surface area contributed by atoms with E-state index >= 15 is 0 Å². The van der Waals surface area contributed by atoms with Crippen molar-refractivity contribution < 1.29 is 9.59 Å². The second-order valence-corrected chi connectivity index (χ2v) is 6.22. The van der Waals surface area contributed by atoms with Crippen LogP contribution in [0, 0.1) is 5.92 Å². The molecule has 0 aliphatic carbocycles. The van der Waals surface area contributed by atoms with Gasteiger partial charge in [0.15, 0.2) is 0 Å². The zero-order valence-corrected chi connectivity index (χ0v) is 14.3. The Morgan fingerprint density at radius 1 is 1.27 bits per heavy atom. The lowest BCUT2D eigenvalue weighted by molar-refractivity contribution is -0.130. The largest absolute Gasteiger partial charge is 0.356 e.